The molecule has 0 aromatic heterocycles. The highest BCUT2D eigenvalue weighted by molar-refractivity contribution is 5.70. The number of primary amides is 1. The van der Waals surface area contributed by atoms with Crippen LogP contribution < -0.4 is 5.73 Å². The molecule has 9 heteroatoms. The summed E-state index contributed by atoms with van der Waals surface area (Å²) < 4.78 is 33.2. The van der Waals surface area contributed by atoms with E-state index in [9.17, 15) is 18.8 Å². The largest absolute Gasteiger partial charge is 0.361 e. The number of nitrogens with two attached hydrogens (primary N) is 1. The van der Waals surface area contributed by atoms with E-state index in [1.807, 2.05) is 0 Å². The zero-order valence-corrected chi connectivity index (χ0v) is 20.2. The van der Waals surface area contributed by atoms with E-state index >= 15 is 0 Å². The van der Waals surface area contributed by atoms with Gasteiger partial charge in [0.1, 0.15) is 17.7 Å². The van der Waals surface area contributed by atoms with E-state index in [-0.39, 0.29) is 43.9 Å². The molecule has 2 aromatic rings. The van der Waals surface area contributed by atoms with Crippen LogP contribution in [0.2, 0.25) is 0 Å². The lowest BCUT2D eigenvalue weighted by molar-refractivity contribution is -0.0373. The number of hydroxylamine groups is 2. The number of hydrogen-bond acceptors (Lipinski definition) is 5. The molecule has 200 valence electrons. The molecule has 0 saturated carbocycles. The van der Waals surface area contributed by atoms with Crippen LogP contribution in [-0.2, 0) is 4.74 Å². The number of nitrogens with zero attached hydrogens (tertiary/aromatic N) is 3. The number of amides is 2. The summed E-state index contributed by atoms with van der Waals surface area (Å²) in [5, 5.41) is 9.72. The van der Waals surface area contributed by atoms with Crippen molar-refractivity contribution in [3.8, 4) is 11.8 Å². The Kier molecular flexibility index (Phi) is 10.4. The van der Waals surface area contributed by atoms with Crippen molar-refractivity contribution in [2.24, 2.45) is 5.73 Å². The molecule has 0 bridgehead atoms. The molecule has 2 aromatic carbocycles. The van der Waals surface area contributed by atoms with Gasteiger partial charge in [-0.1, -0.05) is 43.5 Å². The summed E-state index contributed by atoms with van der Waals surface area (Å²) in [5.41, 5.74) is 6.94. The summed E-state index contributed by atoms with van der Waals surface area (Å²) in [4.78, 5) is 15.5. The van der Waals surface area contributed by atoms with Crippen molar-refractivity contribution in [1.82, 2.24) is 14.9 Å². The molecule has 2 heterocycles. The number of piperazine rings is 1. The predicted molar refractivity (Wildman–Crippen MR) is 138 cm³/mol. The molecule has 0 unspecified atom stereocenters. The smallest absolute Gasteiger partial charge is 0.338 e. The summed E-state index contributed by atoms with van der Waals surface area (Å²) in [6.07, 6.45) is 2.09. The molecule has 0 aliphatic carbocycles. The Morgan fingerprint density at radius 3 is 2.14 bits per heavy atom. The highest BCUT2D eigenvalue weighted by Crippen LogP contribution is 2.30. The summed E-state index contributed by atoms with van der Waals surface area (Å²) in [6.45, 7) is 4.29. The number of carbonyl (C=O) groups is 1. The fraction of sp³-hybridized carbons (Fsp3) is 0.464. The zero-order chi connectivity index (χ0) is 25.5. The summed E-state index contributed by atoms with van der Waals surface area (Å²) in [6, 6.07) is 12.1. The first-order chi connectivity index (χ1) is 17.4. The lowest BCUT2D eigenvalue weighted by Gasteiger charge is -2.40. The van der Waals surface area contributed by atoms with Crippen LogP contribution in [0, 0.1) is 23.5 Å². The maximum atomic E-state index is 13.5. The minimum absolute atomic E-state index is 0. The molecular formula is C28H36F2N4O3. The minimum Gasteiger partial charge on any atom is -0.361 e. The Hall–Kier alpha value is -3.03. The second-order valence-corrected chi connectivity index (χ2v) is 9.20. The van der Waals surface area contributed by atoms with Gasteiger partial charge in [-0.3, -0.25) is 15.0 Å². The predicted octanol–water partition coefficient (Wildman–Crippen LogP) is 4.02. The van der Waals surface area contributed by atoms with Crippen LogP contribution in [-0.4, -0.2) is 77.6 Å². The molecule has 2 saturated heterocycles. The molecular weight excluding hydrogens is 478 g/mol. The number of urea groups is 1. The van der Waals surface area contributed by atoms with Crippen LogP contribution in [0.15, 0.2) is 48.5 Å². The van der Waals surface area contributed by atoms with Gasteiger partial charge in [0.25, 0.3) is 0 Å². The number of benzene rings is 2. The van der Waals surface area contributed by atoms with Crippen LogP contribution in [0.3, 0.4) is 0 Å². The van der Waals surface area contributed by atoms with Gasteiger partial charge in [-0.05, 0) is 48.2 Å². The number of carbonyl (C=O) groups excluding carboxylic acids is 1. The Morgan fingerprint density at radius 1 is 1.03 bits per heavy atom. The Bertz CT molecular complexity index is 1020. The van der Waals surface area contributed by atoms with Crippen molar-refractivity contribution in [2.75, 3.05) is 39.3 Å². The number of ether oxygens (including phenoxy) is 1. The quantitative estimate of drug-likeness (QED) is 0.331. The second kappa shape index (κ2) is 13.5. The second-order valence-electron chi connectivity index (χ2n) is 9.20. The van der Waals surface area contributed by atoms with Crippen LogP contribution in [0.25, 0.3) is 0 Å². The highest BCUT2D eigenvalue weighted by Gasteiger charge is 2.30. The third-order valence-electron chi connectivity index (χ3n) is 6.68. The van der Waals surface area contributed by atoms with Crippen molar-refractivity contribution in [1.29, 1.82) is 0 Å². The highest BCUT2D eigenvalue weighted by atomic mass is 19.1. The fourth-order valence-corrected chi connectivity index (χ4v) is 4.80. The van der Waals surface area contributed by atoms with E-state index < -0.39 is 6.03 Å². The fourth-order valence-electron chi connectivity index (χ4n) is 4.80. The average molecular weight is 515 g/mol. The normalized spacial score (nSPS) is 20.2. The van der Waals surface area contributed by atoms with E-state index in [2.05, 4.69) is 21.6 Å². The molecule has 3 N–H and O–H groups in total. The van der Waals surface area contributed by atoms with E-state index in [0.717, 1.165) is 56.7 Å². The van der Waals surface area contributed by atoms with Crippen molar-refractivity contribution >= 4 is 6.03 Å². The van der Waals surface area contributed by atoms with Crippen LogP contribution in [0.5, 0.6) is 0 Å². The van der Waals surface area contributed by atoms with E-state index in [1.165, 1.54) is 24.3 Å². The Labute approximate surface area is 217 Å². The number of halogens is 2. The van der Waals surface area contributed by atoms with Gasteiger partial charge in [-0.25, -0.2) is 18.6 Å². The summed E-state index contributed by atoms with van der Waals surface area (Å²) >= 11 is 0. The lowest BCUT2D eigenvalue weighted by Crippen LogP contribution is -2.49. The molecule has 0 spiro atoms. The molecule has 4 rings (SSSR count). The monoisotopic (exact) mass is 514 g/mol. The van der Waals surface area contributed by atoms with Gasteiger partial charge in [-0.2, -0.15) is 0 Å². The first kappa shape index (κ1) is 28.5. The maximum absolute atomic E-state index is 13.5. The number of hydrogen-bond donors (Lipinski definition) is 2. The maximum Gasteiger partial charge on any atom is 0.338 e. The van der Waals surface area contributed by atoms with Gasteiger partial charge in [0.2, 0.25) is 0 Å². The molecule has 2 aliphatic heterocycles. The topological polar surface area (TPSA) is 82.3 Å². The van der Waals surface area contributed by atoms with Gasteiger partial charge in [-0.15, -0.1) is 0 Å². The van der Waals surface area contributed by atoms with Crippen molar-refractivity contribution in [3.05, 3.63) is 71.3 Å². The van der Waals surface area contributed by atoms with E-state index in [4.69, 9.17) is 10.5 Å². The SMILES string of the molecule is C.NC(=O)N(O)CCC#C[C@@H]1CC[C@@H](CN2CCN(C(c3ccc(F)cc3)c3ccc(F)cc3)CC2)O1. The third-order valence-corrected chi connectivity index (χ3v) is 6.68. The molecule has 7 nitrogen and oxygen atoms in total. The molecule has 2 fully saturated rings. The van der Waals surface area contributed by atoms with Gasteiger partial charge < -0.3 is 10.5 Å². The summed E-state index contributed by atoms with van der Waals surface area (Å²) in [7, 11) is 0. The number of rotatable bonds is 7. The molecule has 2 amide bonds. The van der Waals surface area contributed by atoms with Crippen molar-refractivity contribution in [3.63, 3.8) is 0 Å². The zero-order valence-electron chi connectivity index (χ0n) is 20.2. The minimum atomic E-state index is -0.893. The first-order valence-electron chi connectivity index (χ1n) is 12.3. The van der Waals surface area contributed by atoms with Crippen LogP contribution in [0.1, 0.15) is 43.9 Å². The third kappa shape index (κ3) is 7.98. The van der Waals surface area contributed by atoms with Crippen molar-refractivity contribution < 1.29 is 23.5 Å². The van der Waals surface area contributed by atoms with Gasteiger partial charge in [0, 0.05) is 39.1 Å². The Morgan fingerprint density at radius 2 is 1.59 bits per heavy atom. The Balaban J connectivity index is 0.00000380. The molecule has 2 aliphatic rings. The standard InChI is InChI=1S/C27H32F2N4O3.CH4/c28-22-8-4-20(5-9-22)26(21-6-10-23(29)11-7-21)32-17-15-31(16-18-32)19-25-13-12-24(36-25)3-1-2-14-33(35)27(30)34;/h4-11,24-26,35H,2,12-19H2,(H2,30,34);1H4/t24-,25+;/m1./s1. The first-order valence-corrected chi connectivity index (χ1v) is 12.3. The average Bonchev–Trinajstić information content (AvgIpc) is 3.32. The van der Waals surface area contributed by atoms with Gasteiger partial charge in [0.15, 0.2) is 0 Å². The van der Waals surface area contributed by atoms with Gasteiger partial charge in [0.05, 0.1) is 18.7 Å². The molecule has 2 atom stereocenters. The van der Waals surface area contributed by atoms with Gasteiger partial charge >= 0.3 is 6.03 Å². The van der Waals surface area contributed by atoms with E-state index in [1.54, 1.807) is 24.3 Å². The van der Waals surface area contributed by atoms with Crippen molar-refractivity contribution in [2.45, 2.75) is 44.9 Å². The van der Waals surface area contributed by atoms with Crippen LogP contribution in [0.4, 0.5) is 13.6 Å². The van der Waals surface area contributed by atoms with E-state index in [0.29, 0.717) is 11.5 Å². The summed E-state index contributed by atoms with van der Waals surface area (Å²) in [5.74, 6) is 5.46. The molecule has 37 heavy (non-hydrogen) atoms. The lowest BCUT2D eigenvalue weighted by atomic mass is 9.96. The van der Waals surface area contributed by atoms with Crippen LogP contribution >= 0.6 is 0 Å². The molecule has 0 radical (unpaired) electrons.